The van der Waals surface area contributed by atoms with Crippen molar-refractivity contribution >= 4 is 23.3 Å². The largest absolute Gasteiger partial charge is 0.347 e. The van der Waals surface area contributed by atoms with Gasteiger partial charge < -0.3 is 10.6 Å². The fourth-order valence-electron chi connectivity index (χ4n) is 2.12. The highest BCUT2D eigenvalue weighted by Crippen LogP contribution is 2.13. The van der Waals surface area contributed by atoms with Crippen LogP contribution >= 0.6 is 0 Å². The van der Waals surface area contributed by atoms with Gasteiger partial charge in [0, 0.05) is 29.2 Å². The predicted octanol–water partition coefficient (Wildman–Crippen LogP) is 3.06. The highest BCUT2D eigenvalue weighted by Gasteiger charge is 2.17. The van der Waals surface area contributed by atoms with Crippen LogP contribution in [0, 0.1) is 0 Å². The lowest BCUT2D eigenvalue weighted by atomic mass is 10.1. The van der Waals surface area contributed by atoms with Gasteiger partial charge in [-0.2, -0.15) is 0 Å². The number of pyridine rings is 1. The number of hydrogen-bond donors (Lipinski definition) is 2. The van der Waals surface area contributed by atoms with Crippen molar-refractivity contribution in [2.75, 3.05) is 5.32 Å². The third kappa shape index (κ3) is 5.24. The number of amides is 2. The monoisotopic (exact) mass is 339 g/mol. The topological polar surface area (TPSA) is 88.2 Å². The molecular formula is C19H21N3O3. The van der Waals surface area contributed by atoms with Gasteiger partial charge in [0.2, 0.25) is 0 Å². The van der Waals surface area contributed by atoms with Gasteiger partial charge in [-0.1, -0.05) is 12.1 Å². The van der Waals surface area contributed by atoms with Crippen molar-refractivity contribution < 1.29 is 14.4 Å². The molecule has 0 bridgehead atoms. The number of nitrogens with one attached hydrogen (secondary N) is 2. The van der Waals surface area contributed by atoms with Crippen LogP contribution in [0.4, 0.5) is 5.69 Å². The van der Waals surface area contributed by atoms with Gasteiger partial charge >= 0.3 is 0 Å². The molecule has 2 rings (SSSR count). The van der Waals surface area contributed by atoms with Gasteiger partial charge in [0.15, 0.2) is 5.78 Å². The molecule has 1 aromatic heterocycles. The van der Waals surface area contributed by atoms with Crippen molar-refractivity contribution in [3.05, 3.63) is 59.4 Å². The molecule has 0 fully saturated rings. The van der Waals surface area contributed by atoms with E-state index in [9.17, 15) is 14.4 Å². The maximum Gasteiger partial charge on any atom is 0.257 e. The average Bonchev–Trinajstić information content (AvgIpc) is 2.53. The second kappa shape index (κ2) is 7.25. The number of benzene rings is 1. The van der Waals surface area contributed by atoms with Crippen LogP contribution in [0.5, 0.6) is 0 Å². The van der Waals surface area contributed by atoms with E-state index in [0.717, 1.165) is 0 Å². The van der Waals surface area contributed by atoms with Crippen molar-refractivity contribution in [1.29, 1.82) is 0 Å². The van der Waals surface area contributed by atoms with Crippen molar-refractivity contribution in [3.8, 4) is 0 Å². The maximum absolute atomic E-state index is 12.4. The Hall–Kier alpha value is -3.02. The third-order valence-electron chi connectivity index (χ3n) is 3.28. The molecule has 0 radical (unpaired) electrons. The molecule has 6 nitrogen and oxygen atoms in total. The summed E-state index contributed by atoms with van der Waals surface area (Å²) in [4.78, 5) is 40.0. The smallest absolute Gasteiger partial charge is 0.257 e. The number of ketones is 1. The molecule has 0 aliphatic rings. The minimum Gasteiger partial charge on any atom is -0.347 e. The summed E-state index contributed by atoms with van der Waals surface area (Å²) in [5, 5.41) is 5.53. The van der Waals surface area contributed by atoms with Gasteiger partial charge in [-0.05, 0) is 45.9 Å². The van der Waals surface area contributed by atoms with Gasteiger partial charge in [0.1, 0.15) is 0 Å². The minimum absolute atomic E-state index is 0.0846. The Labute approximate surface area is 146 Å². The van der Waals surface area contributed by atoms with E-state index in [1.807, 2.05) is 20.8 Å². The van der Waals surface area contributed by atoms with Crippen molar-refractivity contribution in [1.82, 2.24) is 10.3 Å². The number of Topliss-reactive ketones (excluding diaryl/α,β-unsaturated/α-hetero) is 1. The second-order valence-corrected chi connectivity index (χ2v) is 6.76. The number of carbonyl (C=O) groups excluding carboxylic acids is 3. The van der Waals surface area contributed by atoms with Gasteiger partial charge in [0.05, 0.1) is 11.1 Å². The Morgan fingerprint density at radius 3 is 2.16 bits per heavy atom. The third-order valence-corrected chi connectivity index (χ3v) is 3.28. The molecule has 0 saturated carbocycles. The predicted molar refractivity (Wildman–Crippen MR) is 95.9 cm³/mol. The summed E-state index contributed by atoms with van der Waals surface area (Å²) in [6, 6.07) is 8.14. The summed E-state index contributed by atoms with van der Waals surface area (Å²) in [5.41, 5.74) is 1.19. The summed E-state index contributed by atoms with van der Waals surface area (Å²) in [6.07, 6.45) is 2.80. The van der Waals surface area contributed by atoms with E-state index >= 15 is 0 Å². The zero-order chi connectivity index (χ0) is 18.6. The molecule has 0 spiro atoms. The average molecular weight is 339 g/mol. The standard InChI is InChI=1S/C19H21N3O3/c1-12(23)13-6-5-7-16(9-13)21-17(24)14-8-15(11-20-10-14)18(25)22-19(2,3)4/h5-11H,1-4H3,(H,21,24)(H,22,25). The summed E-state index contributed by atoms with van der Waals surface area (Å²) in [5.74, 6) is -0.787. The fraction of sp³-hybridized carbons (Fsp3) is 0.263. The summed E-state index contributed by atoms with van der Waals surface area (Å²) in [7, 11) is 0. The highest BCUT2D eigenvalue weighted by atomic mass is 16.2. The Morgan fingerprint density at radius 1 is 0.920 bits per heavy atom. The summed E-state index contributed by atoms with van der Waals surface area (Å²) < 4.78 is 0. The maximum atomic E-state index is 12.4. The lowest BCUT2D eigenvalue weighted by molar-refractivity contribution is 0.0918. The number of nitrogens with zero attached hydrogens (tertiary/aromatic N) is 1. The van der Waals surface area contributed by atoms with Gasteiger partial charge in [-0.3, -0.25) is 19.4 Å². The van der Waals surface area contributed by atoms with Gasteiger partial charge in [-0.25, -0.2) is 0 Å². The van der Waals surface area contributed by atoms with Crippen LogP contribution in [0.2, 0.25) is 0 Å². The zero-order valence-corrected chi connectivity index (χ0v) is 14.7. The molecule has 2 aromatic rings. The Kier molecular flexibility index (Phi) is 5.32. The zero-order valence-electron chi connectivity index (χ0n) is 14.7. The Bertz CT molecular complexity index is 823. The number of rotatable bonds is 4. The van der Waals surface area contributed by atoms with Crippen LogP contribution in [0.3, 0.4) is 0 Å². The van der Waals surface area contributed by atoms with Crippen molar-refractivity contribution in [2.45, 2.75) is 33.2 Å². The minimum atomic E-state index is -0.404. The van der Waals surface area contributed by atoms with Crippen LogP contribution < -0.4 is 10.6 Å². The quantitative estimate of drug-likeness (QED) is 0.838. The van der Waals surface area contributed by atoms with Crippen LogP contribution in [0.25, 0.3) is 0 Å². The number of aromatic nitrogens is 1. The second-order valence-electron chi connectivity index (χ2n) is 6.76. The number of hydrogen-bond acceptors (Lipinski definition) is 4. The van der Waals surface area contributed by atoms with E-state index < -0.39 is 5.91 Å². The first kappa shape index (κ1) is 18.3. The molecule has 2 N–H and O–H groups in total. The van der Waals surface area contributed by atoms with Gasteiger partial charge in [0.25, 0.3) is 11.8 Å². The van der Waals surface area contributed by atoms with E-state index in [4.69, 9.17) is 0 Å². The summed E-state index contributed by atoms with van der Waals surface area (Å²) >= 11 is 0. The van der Waals surface area contributed by atoms with Crippen LogP contribution in [0.15, 0.2) is 42.7 Å². The number of anilines is 1. The highest BCUT2D eigenvalue weighted by molar-refractivity contribution is 6.06. The summed E-state index contributed by atoms with van der Waals surface area (Å²) in [6.45, 7) is 7.08. The molecule has 2 amide bonds. The molecular weight excluding hydrogens is 318 g/mol. The van der Waals surface area contributed by atoms with E-state index in [1.165, 1.54) is 25.4 Å². The van der Waals surface area contributed by atoms with E-state index in [1.54, 1.807) is 24.3 Å². The molecule has 0 atom stereocenters. The normalized spacial score (nSPS) is 10.9. The molecule has 6 heteroatoms. The Balaban J connectivity index is 2.17. The molecule has 25 heavy (non-hydrogen) atoms. The fourth-order valence-corrected chi connectivity index (χ4v) is 2.12. The molecule has 1 aromatic carbocycles. The van der Waals surface area contributed by atoms with E-state index in [2.05, 4.69) is 15.6 Å². The first-order chi connectivity index (χ1) is 11.7. The SMILES string of the molecule is CC(=O)c1cccc(NC(=O)c2cncc(C(=O)NC(C)(C)C)c2)c1. The van der Waals surface area contributed by atoms with E-state index in [0.29, 0.717) is 16.8 Å². The molecule has 130 valence electrons. The molecule has 1 heterocycles. The lowest BCUT2D eigenvalue weighted by Crippen LogP contribution is -2.40. The van der Waals surface area contributed by atoms with Gasteiger partial charge in [-0.15, -0.1) is 0 Å². The first-order valence-electron chi connectivity index (χ1n) is 7.85. The lowest BCUT2D eigenvalue weighted by Gasteiger charge is -2.20. The Morgan fingerprint density at radius 2 is 1.56 bits per heavy atom. The van der Waals surface area contributed by atoms with Crippen LogP contribution in [-0.2, 0) is 0 Å². The van der Waals surface area contributed by atoms with E-state index in [-0.39, 0.29) is 22.8 Å². The van der Waals surface area contributed by atoms with Crippen LogP contribution in [0.1, 0.15) is 58.8 Å². The first-order valence-corrected chi connectivity index (χ1v) is 7.85. The number of carbonyl (C=O) groups is 3. The van der Waals surface area contributed by atoms with Crippen molar-refractivity contribution in [3.63, 3.8) is 0 Å². The molecule has 0 saturated heterocycles. The molecule has 0 aliphatic carbocycles. The van der Waals surface area contributed by atoms with Crippen LogP contribution in [-0.4, -0.2) is 28.1 Å². The van der Waals surface area contributed by atoms with Crippen molar-refractivity contribution in [2.24, 2.45) is 0 Å². The molecule has 0 aliphatic heterocycles. The molecule has 0 unspecified atom stereocenters.